The molecule has 1 saturated carbocycles. The predicted molar refractivity (Wildman–Crippen MR) is 90.4 cm³/mol. The van der Waals surface area contributed by atoms with E-state index in [2.05, 4.69) is 13.8 Å². The molecule has 5 heteroatoms. The van der Waals surface area contributed by atoms with Gasteiger partial charge in [-0.3, -0.25) is 4.90 Å². The van der Waals surface area contributed by atoms with E-state index in [1.807, 2.05) is 13.8 Å². The fraction of sp³-hybridized carbons (Fsp3) is 0.889. The molecular weight excluding hydrogens is 294 g/mol. The lowest BCUT2D eigenvalue weighted by Crippen LogP contribution is -2.62. The maximum Gasteiger partial charge on any atom is 0.411 e. The van der Waals surface area contributed by atoms with E-state index in [1.54, 1.807) is 20.8 Å². The van der Waals surface area contributed by atoms with Gasteiger partial charge < -0.3 is 9.84 Å². The number of nitrogens with zero attached hydrogens (tertiary/aromatic N) is 1. The van der Waals surface area contributed by atoms with Crippen molar-refractivity contribution in [3.63, 3.8) is 0 Å². The summed E-state index contributed by atoms with van der Waals surface area (Å²) in [5.74, 6) is -0.201. The molecule has 5 nitrogen and oxygen atoms in total. The molecule has 134 valence electrons. The summed E-state index contributed by atoms with van der Waals surface area (Å²) in [7, 11) is 0. The molecule has 1 fully saturated rings. The number of rotatable bonds is 4. The van der Waals surface area contributed by atoms with Crippen molar-refractivity contribution in [2.45, 2.75) is 91.3 Å². The van der Waals surface area contributed by atoms with Crippen LogP contribution in [-0.2, 0) is 9.53 Å². The molecule has 1 N–H and O–H groups in total. The van der Waals surface area contributed by atoms with Crippen LogP contribution in [0.4, 0.5) is 4.79 Å². The molecule has 0 aromatic heterocycles. The predicted octanol–water partition coefficient (Wildman–Crippen LogP) is 4.30. The van der Waals surface area contributed by atoms with Crippen molar-refractivity contribution >= 4 is 12.1 Å². The lowest BCUT2D eigenvalue weighted by Gasteiger charge is -2.48. The average Bonchev–Trinajstić information content (AvgIpc) is 2.35. The molecule has 0 aromatic rings. The number of carbonyl (C=O) groups excluding carboxylic acids is 1. The van der Waals surface area contributed by atoms with Gasteiger partial charge in [-0.2, -0.15) is 0 Å². The average molecular weight is 327 g/mol. The highest BCUT2D eigenvalue weighted by Gasteiger charge is 2.52. The Kier molecular flexibility index (Phi) is 6.11. The standard InChI is InChI=1S/C18H33NO4/c1-12(2)14-9-8-10-18(11-14,15(20)21)19(13(3)4)16(22)23-17(5,6)7/h12-14H,8-11H2,1-7H3,(H,20,21). The number of carboxylic acids is 1. The third-order valence-corrected chi connectivity index (χ3v) is 4.67. The van der Waals surface area contributed by atoms with Crippen LogP contribution in [-0.4, -0.2) is 39.3 Å². The smallest absolute Gasteiger partial charge is 0.411 e. The summed E-state index contributed by atoms with van der Waals surface area (Å²) in [5.41, 5.74) is -1.81. The summed E-state index contributed by atoms with van der Waals surface area (Å²) in [6, 6.07) is -0.230. The van der Waals surface area contributed by atoms with Gasteiger partial charge >= 0.3 is 12.1 Å². The van der Waals surface area contributed by atoms with Crippen LogP contribution in [0.25, 0.3) is 0 Å². The Morgan fingerprint density at radius 1 is 1.22 bits per heavy atom. The third kappa shape index (κ3) is 4.61. The van der Waals surface area contributed by atoms with E-state index < -0.39 is 23.2 Å². The second-order valence-corrected chi connectivity index (χ2v) is 8.38. The maximum atomic E-state index is 12.7. The molecule has 0 aliphatic heterocycles. The first-order valence-corrected chi connectivity index (χ1v) is 8.66. The van der Waals surface area contributed by atoms with Gasteiger partial charge in [-0.15, -0.1) is 0 Å². The van der Waals surface area contributed by atoms with Crippen LogP contribution in [0.3, 0.4) is 0 Å². The molecule has 0 bridgehead atoms. The van der Waals surface area contributed by atoms with Gasteiger partial charge in [0.2, 0.25) is 0 Å². The maximum absolute atomic E-state index is 12.7. The van der Waals surface area contributed by atoms with Crippen molar-refractivity contribution < 1.29 is 19.4 Å². The van der Waals surface area contributed by atoms with Crippen LogP contribution in [0.5, 0.6) is 0 Å². The number of hydrogen-bond donors (Lipinski definition) is 1. The Morgan fingerprint density at radius 2 is 1.78 bits per heavy atom. The minimum atomic E-state index is -1.16. The van der Waals surface area contributed by atoms with Gasteiger partial charge in [-0.1, -0.05) is 20.3 Å². The van der Waals surface area contributed by atoms with Crippen molar-refractivity contribution in [2.75, 3.05) is 0 Å². The normalized spacial score (nSPS) is 25.5. The second-order valence-electron chi connectivity index (χ2n) is 8.38. The molecule has 2 unspecified atom stereocenters. The van der Waals surface area contributed by atoms with E-state index >= 15 is 0 Å². The zero-order valence-electron chi connectivity index (χ0n) is 15.7. The number of hydrogen-bond acceptors (Lipinski definition) is 3. The minimum absolute atomic E-state index is 0.230. The van der Waals surface area contributed by atoms with Gasteiger partial charge in [0.15, 0.2) is 0 Å². The van der Waals surface area contributed by atoms with Gasteiger partial charge in [0.25, 0.3) is 0 Å². The lowest BCUT2D eigenvalue weighted by molar-refractivity contribution is -0.157. The van der Waals surface area contributed by atoms with Crippen LogP contribution in [0, 0.1) is 11.8 Å². The van der Waals surface area contributed by atoms with Crippen molar-refractivity contribution in [3.8, 4) is 0 Å². The van der Waals surface area contributed by atoms with E-state index in [-0.39, 0.29) is 6.04 Å². The first-order chi connectivity index (χ1) is 10.4. The Balaban J connectivity index is 3.21. The summed E-state index contributed by atoms with van der Waals surface area (Å²) in [6.07, 6.45) is 2.30. The molecule has 1 amide bonds. The van der Waals surface area contributed by atoms with Crippen molar-refractivity contribution in [3.05, 3.63) is 0 Å². The zero-order valence-corrected chi connectivity index (χ0v) is 15.7. The summed E-state index contributed by atoms with van der Waals surface area (Å²) in [5, 5.41) is 10.0. The van der Waals surface area contributed by atoms with E-state index in [0.717, 1.165) is 12.8 Å². The third-order valence-electron chi connectivity index (χ3n) is 4.67. The van der Waals surface area contributed by atoms with Gasteiger partial charge in [0.05, 0.1) is 0 Å². The van der Waals surface area contributed by atoms with Crippen LogP contribution < -0.4 is 0 Å². The summed E-state index contributed by atoms with van der Waals surface area (Å²) < 4.78 is 5.51. The number of ether oxygens (including phenoxy) is 1. The molecule has 0 spiro atoms. The van der Waals surface area contributed by atoms with Crippen LogP contribution in [0.2, 0.25) is 0 Å². The summed E-state index contributed by atoms with van der Waals surface area (Å²) >= 11 is 0. The Bertz CT molecular complexity index is 439. The molecular formula is C18H33NO4. The second kappa shape index (κ2) is 7.10. The van der Waals surface area contributed by atoms with Crippen molar-refractivity contribution in [2.24, 2.45) is 11.8 Å². The number of amides is 1. The fourth-order valence-electron chi connectivity index (χ4n) is 3.57. The van der Waals surface area contributed by atoms with E-state index in [4.69, 9.17) is 4.74 Å². The Labute approximate surface area is 140 Å². The molecule has 1 aliphatic rings. The largest absolute Gasteiger partial charge is 0.479 e. The highest BCUT2D eigenvalue weighted by molar-refractivity contribution is 5.85. The number of carboxylic acid groups (broad SMARTS) is 1. The molecule has 1 rings (SSSR count). The molecule has 0 heterocycles. The molecule has 0 saturated heterocycles. The lowest BCUT2D eigenvalue weighted by atomic mass is 9.70. The molecule has 0 radical (unpaired) electrons. The van der Waals surface area contributed by atoms with Gasteiger partial charge in [0, 0.05) is 6.04 Å². The first-order valence-electron chi connectivity index (χ1n) is 8.66. The number of aliphatic carboxylic acids is 1. The topological polar surface area (TPSA) is 66.8 Å². The SMILES string of the molecule is CC(C)C1CCCC(C(=O)O)(N(C(=O)OC(C)(C)C)C(C)C)C1. The highest BCUT2D eigenvalue weighted by Crippen LogP contribution is 2.41. The van der Waals surface area contributed by atoms with E-state index in [9.17, 15) is 14.7 Å². The Morgan fingerprint density at radius 3 is 2.17 bits per heavy atom. The van der Waals surface area contributed by atoms with E-state index in [0.29, 0.717) is 24.7 Å². The molecule has 23 heavy (non-hydrogen) atoms. The van der Waals surface area contributed by atoms with Gasteiger partial charge in [0.1, 0.15) is 11.1 Å². The van der Waals surface area contributed by atoms with Crippen LogP contribution in [0.1, 0.15) is 74.1 Å². The Hall–Kier alpha value is -1.26. The number of carbonyl (C=O) groups is 2. The monoisotopic (exact) mass is 327 g/mol. The molecule has 2 atom stereocenters. The fourth-order valence-corrected chi connectivity index (χ4v) is 3.57. The molecule has 0 aromatic carbocycles. The quantitative estimate of drug-likeness (QED) is 0.836. The van der Waals surface area contributed by atoms with Gasteiger partial charge in [-0.05, 0) is 65.7 Å². The minimum Gasteiger partial charge on any atom is -0.479 e. The zero-order chi connectivity index (χ0) is 18.0. The molecule has 1 aliphatic carbocycles. The van der Waals surface area contributed by atoms with Crippen molar-refractivity contribution in [1.29, 1.82) is 0 Å². The first kappa shape index (κ1) is 19.8. The van der Waals surface area contributed by atoms with Crippen LogP contribution in [0.15, 0.2) is 0 Å². The van der Waals surface area contributed by atoms with Crippen molar-refractivity contribution in [1.82, 2.24) is 4.90 Å². The summed E-state index contributed by atoms with van der Waals surface area (Å²) in [4.78, 5) is 26.4. The summed E-state index contributed by atoms with van der Waals surface area (Å²) in [6.45, 7) is 13.4. The van der Waals surface area contributed by atoms with Crippen LogP contribution >= 0.6 is 0 Å². The van der Waals surface area contributed by atoms with Gasteiger partial charge in [-0.25, -0.2) is 9.59 Å². The van der Waals surface area contributed by atoms with E-state index in [1.165, 1.54) is 4.90 Å². The highest BCUT2D eigenvalue weighted by atomic mass is 16.6.